The summed E-state index contributed by atoms with van der Waals surface area (Å²) in [4.78, 5) is 31.5. The summed E-state index contributed by atoms with van der Waals surface area (Å²) in [5, 5.41) is 3.60. The van der Waals surface area contributed by atoms with Crippen molar-refractivity contribution >= 4 is 22.5 Å². The van der Waals surface area contributed by atoms with Crippen LogP contribution in [0.4, 0.5) is 5.69 Å². The van der Waals surface area contributed by atoms with Gasteiger partial charge in [-0.25, -0.2) is 9.67 Å². The number of fused-ring (bicyclic) bond motifs is 1. The summed E-state index contributed by atoms with van der Waals surface area (Å²) in [7, 11) is 1.80. The Morgan fingerprint density at radius 2 is 1.52 bits per heavy atom. The highest BCUT2D eigenvalue weighted by Crippen LogP contribution is 2.26. The molecule has 2 heterocycles. The van der Waals surface area contributed by atoms with Gasteiger partial charge in [-0.15, -0.1) is 0 Å². The molecule has 0 fully saturated rings. The number of nitrogens with zero attached hydrogens (tertiary/aromatic N) is 3. The summed E-state index contributed by atoms with van der Waals surface area (Å²) >= 11 is 0. The topological polar surface area (TPSA) is 68.9 Å². The molecular formula is C27H22N4O2. The van der Waals surface area contributed by atoms with E-state index in [1.807, 2.05) is 91.9 Å². The molecule has 6 heteroatoms. The summed E-state index contributed by atoms with van der Waals surface area (Å²) in [6.07, 6.45) is 0. The lowest BCUT2D eigenvalue weighted by molar-refractivity contribution is 0.102. The molecule has 3 aromatic carbocycles. The fourth-order valence-corrected chi connectivity index (χ4v) is 4.01. The normalized spacial score (nSPS) is 11.0. The van der Waals surface area contributed by atoms with Crippen molar-refractivity contribution in [3.8, 4) is 16.9 Å². The second kappa shape index (κ2) is 8.24. The Labute approximate surface area is 190 Å². The van der Waals surface area contributed by atoms with Crippen LogP contribution in [0.3, 0.4) is 0 Å². The Bertz CT molecular complexity index is 1530. The summed E-state index contributed by atoms with van der Waals surface area (Å²) in [5.41, 5.74) is 4.17. The van der Waals surface area contributed by atoms with E-state index in [1.54, 1.807) is 22.5 Å². The van der Waals surface area contributed by atoms with Gasteiger partial charge in [-0.05, 0) is 31.2 Å². The van der Waals surface area contributed by atoms with Crippen LogP contribution in [0.25, 0.3) is 27.8 Å². The number of carbonyl (C=O) groups excluding carboxylic acids is 1. The molecule has 162 valence electrons. The Balaban J connectivity index is 1.60. The first-order valence-corrected chi connectivity index (χ1v) is 10.6. The van der Waals surface area contributed by atoms with E-state index in [4.69, 9.17) is 4.98 Å². The summed E-state index contributed by atoms with van der Waals surface area (Å²) in [5.74, 6) is -0.350. The first-order chi connectivity index (χ1) is 16.0. The number of benzene rings is 3. The van der Waals surface area contributed by atoms with E-state index in [0.717, 1.165) is 22.2 Å². The van der Waals surface area contributed by atoms with E-state index >= 15 is 0 Å². The minimum absolute atomic E-state index is 0.258. The molecule has 0 atom stereocenters. The number of aromatic nitrogens is 3. The average molecular weight is 434 g/mol. The van der Waals surface area contributed by atoms with E-state index in [-0.39, 0.29) is 17.2 Å². The monoisotopic (exact) mass is 434 g/mol. The van der Waals surface area contributed by atoms with Crippen molar-refractivity contribution in [3.63, 3.8) is 0 Å². The molecule has 5 aromatic rings. The molecule has 0 aliphatic carbocycles. The summed E-state index contributed by atoms with van der Waals surface area (Å²) < 4.78 is 3.29. The standard InChI is InChI=1S/C27H22N4O2/c1-18-25(27(33)31(30(18)2)20-13-7-4-8-14-20)29-26(32)22-17-24(19-11-5-3-6-12-19)28-23-16-10-9-15-21(22)23/h3-17H,1-2H3,(H,29,32). The number of carbonyl (C=O) groups is 1. The maximum atomic E-state index is 13.5. The average Bonchev–Trinajstić information content (AvgIpc) is 3.07. The van der Waals surface area contributed by atoms with Crippen LogP contribution in [0.15, 0.2) is 95.8 Å². The highest BCUT2D eigenvalue weighted by Gasteiger charge is 2.20. The maximum Gasteiger partial charge on any atom is 0.295 e. The van der Waals surface area contributed by atoms with E-state index in [0.29, 0.717) is 17.0 Å². The molecule has 1 amide bonds. The minimum atomic E-state index is -0.350. The third-order valence-corrected chi connectivity index (χ3v) is 5.82. The van der Waals surface area contributed by atoms with Crippen molar-refractivity contribution in [2.45, 2.75) is 6.92 Å². The van der Waals surface area contributed by atoms with Crippen LogP contribution in [0, 0.1) is 6.92 Å². The molecule has 0 saturated heterocycles. The van der Waals surface area contributed by atoms with Crippen LogP contribution in [-0.2, 0) is 7.05 Å². The molecular weight excluding hydrogens is 412 g/mol. The van der Waals surface area contributed by atoms with Gasteiger partial charge in [0.2, 0.25) is 0 Å². The number of pyridine rings is 1. The van der Waals surface area contributed by atoms with E-state index in [9.17, 15) is 9.59 Å². The van der Waals surface area contributed by atoms with Crippen LogP contribution in [-0.4, -0.2) is 20.3 Å². The second-order valence-electron chi connectivity index (χ2n) is 7.83. The largest absolute Gasteiger partial charge is 0.316 e. The van der Waals surface area contributed by atoms with Crippen molar-refractivity contribution in [2.24, 2.45) is 7.05 Å². The predicted octanol–water partition coefficient (Wildman–Crippen LogP) is 4.95. The molecule has 5 rings (SSSR count). The summed E-state index contributed by atoms with van der Waals surface area (Å²) in [6.45, 7) is 1.82. The van der Waals surface area contributed by atoms with Gasteiger partial charge >= 0.3 is 0 Å². The first kappa shape index (κ1) is 20.5. The fraction of sp³-hybridized carbons (Fsp3) is 0.0741. The Kier molecular flexibility index (Phi) is 5.11. The van der Waals surface area contributed by atoms with Crippen molar-refractivity contribution in [1.82, 2.24) is 14.3 Å². The van der Waals surface area contributed by atoms with Gasteiger partial charge in [0.1, 0.15) is 5.69 Å². The van der Waals surface area contributed by atoms with Crippen molar-refractivity contribution in [3.05, 3.63) is 113 Å². The number of rotatable bonds is 4. The number of anilines is 1. The zero-order valence-electron chi connectivity index (χ0n) is 18.3. The molecule has 0 bridgehead atoms. The molecule has 0 aliphatic rings. The molecule has 0 spiro atoms. The predicted molar refractivity (Wildman–Crippen MR) is 131 cm³/mol. The van der Waals surface area contributed by atoms with Gasteiger partial charge < -0.3 is 5.32 Å². The highest BCUT2D eigenvalue weighted by molar-refractivity contribution is 6.13. The van der Waals surface area contributed by atoms with Gasteiger partial charge in [-0.1, -0.05) is 66.7 Å². The van der Waals surface area contributed by atoms with Crippen LogP contribution >= 0.6 is 0 Å². The number of para-hydroxylation sites is 2. The molecule has 0 radical (unpaired) electrons. The smallest absolute Gasteiger partial charge is 0.295 e. The van der Waals surface area contributed by atoms with Crippen molar-refractivity contribution < 1.29 is 4.79 Å². The lowest BCUT2D eigenvalue weighted by Gasteiger charge is -2.10. The number of hydrogen-bond acceptors (Lipinski definition) is 3. The fourth-order valence-electron chi connectivity index (χ4n) is 4.01. The van der Waals surface area contributed by atoms with Crippen LogP contribution in [0.5, 0.6) is 0 Å². The Morgan fingerprint density at radius 1 is 0.879 bits per heavy atom. The van der Waals surface area contributed by atoms with Crippen molar-refractivity contribution in [1.29, 1.82) is 0 Å². The second-order valence-corrected chi connectivity index (χ2v) is 7.83. The lowest BCUT2D eigenvalue weighted by atomic mass is 10.0. The van der Waals surface area contributed by atoms with Crippen LogP contribution < -0.4 is 10.9 Å². The molecule has 0 aliphatic heterocycles. The zero-order chi connectivity index (χ0) is 22.9. The van der Waals surface area contributed by atoms with Gasteiger partial charge in [0.25, 0.3) is 11.5 Å². The Morgan fingerprint density at radius 3 is 2.24 bits per heavy atom. The minimum Gasteiger partial charge on any atom is -0.316 e. The van der Waals surface area contributed by atoms with E-state index in [1.165, 1.54) is 0 Å². The SMILES string of the molecule is Cc1c(NC(=O)c2cc(-c3ccccc3)nc3ccccc23)c(=O)n(-c2ccccc2)n1C. The quantitative estimate of drug-likeness (QED) is 0.435. The third-order valence-electron chi connectivity index (χ3n) is 5.82. The summed E-state index contributed by atoms with van der Waals surface area (Å²) in [6, 6.07) is 28.4. The number of hydrogen-bond donors (Lipinski definition) is 1. The van der Waals surface area contributed by atoms with Gasteiger partial charge in [0.05, 0.1) is 28.2 Å². The maximum absolute atomic E-state index is 13.5. The Hall–Kier alpha value is -4.45. The van der Waals surface area contributed by atoms with Gasteiger partial charge in [-0.3, -0.25) is 14.3 Å². The molecule has 2 aromatic heterocycles. The van der Waals surface area contributed by atoms with Gasteiger partial charge in [0, 0.05) is 18.0 Å². The number of nitrogens with one attached hydrogen (secondary N) is 1. The van der Waals surface area contributed by atoms with Crippen LogP contribution in [0.1, 0.15) is 16.1 Å². The molecule has 1 N–H and O–H groups in total. The molecule has 0 unspecified atom stereocenters. The lowest BCUT2D eigenvalue weighted by Crippen LogP contribution is -2.23. The zero-order valence-corrected chi connectivity index (χ0v) is 18.3. The van der Waals surface area contributed by atoms with E-state index < -0.39 is 0 Å². The van der Waals surface area contributed by atoms with Crippen molar-refractivity contribution in [2.75, 3.05) is 5.32 Å². The van der Waals surface area contributed by atoms with E-state index in [2.05, 4.69) is 5.32 Å². The highest BCUT2D eigenvalue weighted by atomic mass is 16.2. The van der Waals surface area contributed by atoms with Gasteiger partial charge in [-0.2, -0.15) is 0 Å². The van der Waals surface area contributed by atoms with Crippen LogP contribution in [0.2, 0.25) is 0 Å². The van der Waals surface area contributed by atoms with Gasteiger partial charge in [0.15, 0.2) is 0 Å². The first-order valence-electron chi connectivity index (χ1n) is 10.6. The third kappa shape index (κ3) is 3.61. The molecule has 6 nitrogen and oxygen atoms in total. The molecule has 33 heavy (non-hydrogen) atoms. The molecule has 0 saturated carbocycles. The number of amides is 1.